The van der Waals surface area contributed by atoms with Crippen LogP contribution in [0.5, 0.6) is 5.75 Å². The number of ether oxygens (including phenoxy) is 1. The molecular weight excluding hydrogens is 320 g/mol. The van der Waals surface area contributed by atoms with Gasteiger partial charge in [0.1, 0.15) is 5.75 Å². The Hall–Kier alpha value is -1.20. The van der Waals surface area contributed by atoms with E-state index in [0.717, 1.165) is 30.3 Å². The summed E-state index contributed by atoms with van der Waals surface area (Å²) < 4.78 is 5.60. The maximum atomic E-state index is 12.7. The molecule has 0 aromatic heterocycles. The molecular formula is C19H30N2O2S. The van der Waals surface area contributed by atoms with E-state index in [1.807, 2.05) is 49.9 Å². The third-order valence-electron chi connectivity index (χ3n) is 4.43. The number of nitrogens with one attached hydrogen (secondary N) is 1. The molecule has 1 N–H and O–H groups in total. The molecule has 2 unspecified atom stereocenters. The second-order valence-corrected chi connectivity index (χ2v) is 7.74. The van der Waals surface area contributed by atoms with Gasteiger partial charge in [-0.2, -0.15) is 11.8 Å². The Labute approximate surface area is 150 Å². The van der Waals surface area contributed by atoms with E-state index in [2.05, 4.69) is 17.1 Å². The van der Waals surface area contributed by atoms with Crippen LogP contribution in [0, 0.1) is 0 Å². The maximum Gasteiger partial charge on any atom is 0.241 e. The largest absolute Gasteiger partial charge is 0.492 e. The highest BCUT2D eigenvalue weighted by Gasteiger charge is 2.26. The molecule has 24 heavy (non-hydrogen) atoms. The van der Waals surface area contributed by atoms with Crippen LogP contribution < -0.4 is 10.1 Å². The van der Waals surface area contributed by atoms with E-state index in [4.69, 9.17) is 4.74 Å². The summed E-state index contributed by atoms with van der Waals surface area (Å²) in [5.74, 6) is 1.92. The summed E-state index contributed by atoms with van der Waals surface area (Å²) >= 11 is 2.02. The van der Waals surface area contributed by atoms with E-state index in [1.54, 1.807) is 0 Å². The summed E-state index contributed by atoms with van der Waals surface area (Å²) in [5, 5.41) is 3.69. The number of thioether (sulfide) groups is 1. The average molecular weight is 351 g/mol. The van der Waals surface area contributed by atoms with E-state index in [1.165, 1.54) is 19.3 Å². The molecule has 0 bridgehead atoms. The SMILES string of the molecule is CCOc1ccccc1NC(=O)C(C)N1CCCCC(SCC)C1. The van der Waals surface area contributed by atoms with Gasteiger partial charge in [0.25, 0.3) is 0 Å². The van der Waals surface area contributed by atoms with Gasteiger partial charge in [-0.25, -0.2) is 0 Å². The molecule has 0 saturated carbocycles. The third kappa shape index (κ3) is 5.42. The molecule has 2 rings (SSSR count). The van der Waals surface area contributed by atoms with E-state index >= 15 is 0 Å². The Morgan fingerprint density at radius 3 is 2.92 bits per heavy atom. The van der Waals surface area contributed by atoms with E-state index in [9.17, 15) is 4.79 Å². The molecule has 1 aromatic carbocycles. The lowest BCUT2D eigenvalue weighted by Crippen LogP contribution is -2.44. The van der Waals surface area contributed by atoms with Crippen molar-refractivity contribution in [1.29, 1.82) is 0 Å². The summed E-state index contributed by atoms with van der Waals surface area (Å²) in [7, 11) is 0. The van der Waals surface area contributed by atoms with Crippen molar-refractivity contribution in [2.75, 3.05) is 30.8 Å². The zero-order chi connectivity index (χ0) is 17.4. The monoisotopic (exact) mass is 350 g/mol. The second-order valence-electron chi connectivity index (χ2n) is 6.16. The van der Waals surface area contributed by atoms with Crippen molar-refractivity contribution in [3.05, 3.63) is 24.3 Å². The summed E-state index contributed by atoms with van der Waals surface area (Å²) in [5.41, 5.74) is 0.755. The Morgan fingerprint density at radius 2 is 2.17 bits per heavy atom. The molecule has 5 heteroatoms. The minimum absolute atomic E-state index is 0.0456. The zero-order valence-electron chi connectivity index (χ0n) is 15.1. The fraction of sp³-hybridized carbons (Fsp3) is 0.632. The number of carbonyl (C=O) groups is 1. The fourth-order valence-electron chi connectivity index (χ4n) is 3.11. The van der Waals surface area contributed by atoms with Crippen LogP contribution in [0.4, 0.5) is 5.69 Å². The van der Waals surface area contributed by atoms with Crippen LogP contribution >= 0.6 is 11.8 Å². The number of likely N-dealkylation sites (tertiary alicyclic amines) is 1. The highest BCUT2D eigenvalue weighted by molar-refractivity contribution is 7.99. The second kappa shape index (κ2) is 9.94. The Bertz CT molecular complexity index is 524. The Kier molecular flexibility index (Phi) is 7.92. The summed E-state index contributed by atoms with van der Waals surface area (Å²) in [6, 6.07) is 7.50. The van der Waals surface area contributed by atoms with Crippen LogP contribution in [0.25, 0.3) is 0 Å². The molecule has 134 valence electrons. The number of carbonyl (C=O) groups excluding carboxylic acids is 1. The Morgan fingerprint density at radius 1 is 1.38 bits per heavy atom. The number of hydrogen-bond acceptors (Lipinski definition) is 4. The lowest BCUT2D eigenvalue weighted by atomic mass is 10.2. The van der Waals surface area contributed by atoms with Crippen molar-refractivity contribution in [2.24, 2.45) is 0 Å². The van der Waals surface area contributed by atoms with Gasteiger partial charge in [-0.1, -0.05) is 25.5 Å². The lowest BCUT2D eigenvalue weighted by Gasteiger charge is -2.29. The number of anilines is 1. The molecule has 1 aliphatic rings. The molecule has 0 radical (unpaired) electrons. The van der Waals surface area contributed by atoms with Crippen molar-refractivity contribution in [3.8, 4) is 5.75 Å². The first-order valence-electron chi connectivity index (χ1n) is 9.04. The Balaban J connectivity index is 2.00. The van der Waals surface area contributed by atoms with Gasteiger partial charge in [-0.15, -0.1) is 0 Å². The smallest absolute Gasteiger partial charge is 0.241 e. The van der Waals surface area contributed by atoms with Crippen molar-refractivity contribution in [1.82, 2.24) is 4.90 Å². The van der Waals surface area contributed by atoms with Gasteiger partial charge >= 0.3 is 0 Å². The molecule has 1 fully saturated rings. The van der Waals surface area contributed by atoms with E-state index in [-0.39, 0.29) is 11.9 Å². The number of amides is 1. The van der Waals surface area contributed by atoms with Crippen molar-refractivity contribution in [2.45, 2.75) is 51.3 Å². The first-order chi connectivity index (χ1) is 11.7. The molecule has 1 aliphatic heterocycles. The van der Waals surface area contributed by atoms with Crippen LogP contribution in [0.15, 0.2) is 24.3 Å². The molecule has 1 heterocycles. The van der Waals surface area contributed by atoms with Gasteiger partial charge < -0.3 is 10.1 Å². The molecule has 1 saturated heterocycles. The molecule has 4 nitrogen and oxygen atoms in total. The molecule has 2 atom stereocenters. The van der Waals surface area contributed by atoms with Gasteiger partial charge in [-0.05, 0) is 51.1 Å². The fourth-order valence-corrected chi connectivity index (χ4v) is 4.21. The van der Waals surface area contributed by atoms with Crippen molar-refractivity contribution in [3.63, 3.8) is 0 Å². The van der Waals surface area contributed by atoms with Crippen LogP contribution in [-0.2, 0) is 4.79 Å². The van der Waals surface area contributed by atoms with Gasteiger partial charge in [0.15, 0.2) is 0 Å². The maximum absolute atomic E-state index is 12.7. The van der Waals surface area contributed by atoms with Gasteiger partial charge in [-0.3, -0.25) is 9.69 Å². The number of rotatable bonds is 7. The first-order valence-corrected chi connectivity index (χ1v) is 10.1. The van der Waals surface area contributed by atoms with Crippen LogP contribution in [-0.4, -0.2) is 47.5 Å². The topological polar surface area (TPSA) is 41.6 Å². The minimum Gasteiger partial charge on any atom is -0.492 e. The third-order valence-corrected chi connectivity index (χ3v) is 5.62. The lowest BCUT2D eigenvalue weighted by molar-refractivity contribution is -0.120. The normalized spacial score (nSPS) is 20.2. The predicted octanol–water partition coefficient (Wildman–Crippen LogP) is 4.02. The first kappa shape index (κ1) is 19.1. The molecule has 1 aromatic rings. The minimum atomic E-state index is -0.127. The number of benzene rings is 1. The molecule has 1 amide bonds. The van der Waals surface area contributed by atoms with Crippen molar-refractivity contribution >= 4 is 23.4 Å². The van der Waals surface area contributed by atoms with Crippen LogP contribution in [0.3, 0.4) is 0 Å². The van der Waals surface area contributed by atoms with E-state index in [0.29, 0.717) is 11.9 Å². The number of para-hydroxylation sites is 2. The molecule has 0 spiro atoms. The predicted molar refractivity (Wildman–Crippen MR) is 103 cm³/mol. The summed E-state index contributed by atoms with van der Waals surface area (Å²) in [6.45, 7) is 8.76. The summed E-state index contributed by atoms with van der Waals surface area (Å²) in [4.78, 5) is 15.1. The van der Waals surface area contributed by atoms with Gasteiger partial charge in [0.2, 0.25) is 5.91 Å². The number of hydrogen-bond donors (Lipinski definition) is 1. The average Bonchev–Trinajstić information content (AvgIpc) is 2.82. The van der Waals surface area contributed by atoms with Crippen LogP contribution in [0.1, 0.15) is 40.0 Å². The number of nitrogens with zero attached hydrogens (tertiary/aromatic N) is 1. The quantitative estimate of drug-likeness (QED) is 0.806. The zero-order valence-corrected chi connectivity index (χ0v) is 15.9. The molecule has 0 aliphatic carbocycles. The highest BCUT2D eigenvalue weighted by Crippen LogP contribution is 2.26. The van der Waals surface area contributed by atoms with Crippen molar-refractivity contribution < 1.29 is 9.53 Å². The highest BCUT2D eigenvalue weighted by atomic mass is 32.2. The van der Waals surface area contributed by atoms with Gasteiger partial charge in [0.05, 0.1) is 18.3 Å². The van der Waals surface area contributed by atoms with Crippen LogP contribution in [0.2, 0.25) is 0 Å². The standard InChI is InChI=1S/C19H30N2O2S/c1-4-23-18-12-7-6-11-17(18)20-19(22)15(3)21-13-9-8-10-16(14-21)24-5-2/h6-7,11-12,15-16H,4-5,8-10,13-14H2,1-3H3,(H,20,22). The van der Waals surface area contributed by atoms with Gasteiger partial charge in [0, 0.05) is 11.8 Å². The summed E-state index contributed by atoms with van der Waals surface area (Å²) in [6.07, 6.45) is 3.69. The van der Waals surface area contributed by atoms with E-state index < -0.39 is 0 Å².